The molecule has 2 aromatic rings. The predicted molar refractivity (Wildman–Crippen MR) is 90.9 cm³/mol. The zero-order valence-electron chi connectivity index (χ0n) is 13.3. The van der Waals surface area contributed by atoms with E-state index in [0.717, 1.165) is 5.56 Å². The maximum Gasteiger partial charge on any atom is 0.355 e. The van der Waals surface area contributed by atoms with Gasteiger partial charge >= 0.3 is 5.97 Å². The van der Waals surface area contributed by atoms with Crippen LogP contribution in [0.3, 0.4) is 0 Å². The van der Waals surface area contributed by atoms with Crippen LogP contribution in [0.4, 0.5) is 0 Å². The van der Waals surface area contributed by atoms with Crippen LogP contribution in [0, 0.1) is 0 Å². The molecule has 3 rings (SSSR count). The standard InChI is InChI=1S/C19H18N2O3/c1-2-24-19(23)17-15(13-9-5-3-6-10-13)16(20-21-17)18(22)14-11-7-4-8-12-14/h3-12,15-16,20H,2H2,1H3/t15-,16-/m0/s1. The van der Waals surface area contributed by atoms with Crippen molar-refractivity contribution in [2.75, 3.05) is 6.61 Å². The fourth-order valence-corrected chi connectivity index (χ4v) is 2.82. The van der Waals surface area contributed by atoms with E-state index in [4.69, 9.17) is 4.74 Å². The van der Waals surface area contributed by atoms with Crippen LogP contribution in [-0.2, 0) is 9.53 Å². The molecule has 122 valence electrons. The molecule has 0 saturated heterocycles. The van der Waals surface area contributed by atoms with Crippen LogP contribution in [-0.4, -0.2) is 30.1 Å². The molecule has 0 aliphatic carbocycles. The van der Waals surface area contributed by atoms with E-state index in [0.29, 0.717) is 5.56 Å². The van der Waals surface area contributed by atoms with Gasteiger partial charge in [0.25, 0.3) is 0 Å². The number of benzene rings is 2. The summed E-state index contributed by atoms with van der Waals surface area (Å²) in [6.07, 6.45) is 0. The van der Waals surface area contributed by atoms with Crippen molar-refractivity contribution < 1.29 is 14.3 Å². The van der Waals surface area contributed by atoms with Gasteiger partial charge in [0.2, 0.25) is 0 Å². The molecule has 0 saturated carbocycles. The summed E-state index contributed by atoms with van der Waals surface area (Å²) < 4.78 is 5.09. The summed E-state index contributed by atoms with van der Waals surface area (Å²) in [5, 5.41) is 4.11. The molecule has 24 heavy (non-hydrogen) atoms. The lowest BCUT2D eigenvalue weighted by Crippen LogP contribution is -2.37. The zero-order valence-corrected chi connectivity index (χ0v) is 13.3. The average molecular weight is 322 g/mol. The second-order valence-electron chi connectivity index (χ2n) is 5.44. The molecule has 2 atom stereocenters. The van der Waals surface area contributed by atoms with Gasteiger partial charge in [0.05, 0.1) is 12.5 Å². The quantitative estimate of drug-likeness (QED) is 0.678. The Morgan fingerprint density at radius 1 is 1.04 bits per heavy atom. The van der Waals surface area contributed by atoms with Gasteiger partial charge in [0.1, 0.15) is 6.04 Å². The van der Waals surface area contributed by atoms with Crippen LogP contribution in [0.25, 0.3) is 0 Å². The Hall–Kier alpha value is -2.95. The van der Waals surface area contributed by atoms with E-state index in [-0.39, 0.29) is 18.1 Å². The summed E-state index contributed by atoms with van der Waals surface area (Å²) in [7, 11) is 0. The van der Waals surface area contributed by atoms with E-state index >= 15 is 0 Å². The molecular weight excluding hydrogens is 304 g/mol. The summed E-state index contributed by atoms with van der Waals surface area (Å²) in [6, 6.07) is 17.8. The molecule has 0 spiro atoms. The van der Waals surface area contributed by atoms with Crippen LogP contribution in [0.2, 0.25) is 0 Å². The number of ketones is 1. The Kier molecular flexibility index (Phi) is 4.70. The van der Waals surface area contributed by atoms with Crippen LogP contribution in [0.15, 0.2) is 65.8 Å². The lowest BCUT2D eigenvalue weighted by molar-refractivity contribution is -0.135. The molecule has 0 aromatic heterocycles. The first-order chi connectivity index (χ1) is 11.7. The highest BCUT2D eigenvalue weighted by molar-refractivity contribution is 6.40. The van der Waals surface area contributed by atoms with Crippen molar-refractivity contribution >= 4 is 17.5 Å². The topological polar surface area (TPSA) is 67.8 Å². The number of hydrogen-bond donors (Lipinski definition) is 1. The third-order valence-corrected chi connectivity index (χ3v) is 3.94. The van der Waals surface area contributed by atoms with Gasteiger partial charge in [-0.05, 0) is 12.5 Å². The highest BCUT2D eigenvalue weighted by Gasteiger charge is 2.41. The number of nitrogens with zero attached hydrogens (tertiary/aromatic N) is 1. The molecule has 1 aliphatic heterocycles. The zero-order chi connectivity index (χ0) is 16.9. The number of Topliss-reactive ketones (excluding diaryl/α,β-unsaturated/α-hetero) is 1. The Labute approximate surface area is 140 Å². The van der Waals surface area contributed by atoms with E-state index in [9.17, 15) is 9.59 Å². The molecule has 0 radical (unpaired) electrons. The molecule has 1 aliphatic rings. The van der Waals surface area contributed by atoms with Gasteiger partial charge < -0.3 is 4.74 Å². The first kappa shape index (κ1) is 15.9. The number of rotatable bonds is 5. The molecular formula is C19H18N2O3. The number of nitrogens with one attached hydrogen (secondary N) is 1. The lowest BCUT2D eigenvalue weighted by Gasteiger charge is -2.19. The molecule has 1 heterocycles. The maximum absolute atomic E-state index is 12.9. The van der Waals surface area contributed by atoms with Gasteiger partial charge in [0.15, 0.2) is 11.5 Å². The number of ether oxygens (including phenoxy) is 1. The second-order valence-corrected chi connectivity index (χ2v) is 5.44. The first-order valence-electron chi connectivity index (χ1n) is 7.86. The summed E-state index contributed by atoms with van der Waals surface area (Å²) in [5.74, 6) is -1.08. The van der Waals surface area contributed by atoms with Crippen molar-refractivity contribution in [3.05, 3.63) is 71.8 Å². The summed E-state index contributed by atoms with van der Waals surface area (Å²) in [4.78, 5) is 25.1. The number of carbonyl (C=O) groups is 2. The Morgan fingerprint density at radius 3 is 2.29 bits per heavy atom. The van der Waals surface area contributed by atoms with Crippen LogP contribution in [0.1, 0.15) is 28.8 Å². The van der Waals surface area contributed by atoms with Crippen LogP contribution in [0.5, 0.6) is 0 Å². The molecule has 1 N–H and O–H groups in total. The lowest BCUT2D eigenvalue weighted by atomic mass is 9.84. The minimum Gasteiger partial charge on any atom is -0.461 e. The Balaban J connectivity index is 1.95. The van der Waals surface area contributed by atoms with Gasteiger partial charge in [-0.25, -0.2) is 4.79 Å². The molecule has 0 bridgehead atoms. The van der Waals surface area contributed by atoms with Crippen molar-refractivity contribution in [2.24, 2.45) is 5.10 Å². The van der Waals surface area contributed by atoms with Crippen molar-refractivity contribution in [1.29, 1.82) is 0 Å². The van der Waals surface area contributed by atoms with Gasteiger partial charge in [0, 0.05) is 5.56 Å². The minimum absolute atomic E-state index is 0.104. The average Bonchev–Trinajstić information content (AvgIpc) is 3.08. The van der Waals surface area contributed by atoms with Crippen molar-refractivity contribution in [1.82, 2.24) is 5.43 Å². The van der Waals surface area contributed by atoms with E-state index in [1.165, 1.54) is 0 Å². The van der Waals surface area contributed by atoms with E-state index in [1.807, 2.05) is 48.5 Å². The fraction of sp³-hybridized carbons (Fsp3) is 0.211. The molecule has 0 amide bonds. The van der Waals surface area contributed by atoms with Crippen LogP contribution >= 0.6 is 0 Å². The van der Waals surface area contributed by atoms with Gasteiger partial charge in [-0.1, -0.05) is 60.7 Å². The third kappa shape index (κ3) is 3.06. The van der Waals surface area contributed by atoms with Gasteiger partial charge in [-0.2, -0.15) is 5.10 Å². The summed E-state index contributed by atoms with van der Waals surface area (Å²) in [6.45, 7) is 2.00. The predicted octanol–water partition coefficient (Wildman–Crippen LogP) is 2.54. The number of hydrazone groups is 1. The van der Waals surface area contributed by atoms with Crippen LogP contribution < -0.4 is 5.43 Å². The first-order valence-corrected chi connectivity index (χ1v) is 7.86. The highest BCUT2D eigenvalue weighted by atomic mass is 16.5. The van der Waals surface area contributed by atoms with E-state index in [2.05, 4.69) is 10.5 Å². The summed E-state index contributed by atoms with van der Waals surface area (Å²) >= 11 is 0. The third-order valence-electron chi connectivity index (χ3n) is 3.94. The highest BCUT2D eigenvalue weighted by Crippen LogP contribution is 2.28. The Bertz CT molecular complexity index is 757. The number of carbonyl (C=O) groups excluding carboxylic acids is 2. The minimum atomic E-state index is -0.630. The maximum atomic E-state index is 12.9. The van der Waals surface area contributed by atoms with Gasteiger partial charge in [-0.15, -0.1) is 0 Å². The molecule has 2 aromatic carbocycles. The number of esters is 1. The normalized spacial score (nSPS) is 19.3. The largest absolute Gasteiger partial charge is 0.461 e. The van der Waals surface area contributed by atoms with Gasteiger partial charge in [-0.3, -0.25) is 10.2 Å². The Morgan fingerprint density at radius 2 is 1.67 bits per heavy atom. The van der Waals surface area contributed by atoms with Crippen molar-refractivity contribution in [2.45, 2.75) is 18.9 Å². The monoisotopic (exact) mass is 322 g/mol. The van der Waals surface area contributed by atoms with E-state index in [1.54, 1.807) is 19.1 Å². The fourth-order valence-electron chi connectivity index (χ4n) is 2.82. The van der Waals surface area contributed by atoms with Crippen molar-refractivity contribution in [3.63, 3.8) is 0 Å². The number of hydrogen-bond acceptors (Lipinski definition) is 5. The molecule has 5 nitrogen and oxygen atoms in total. The van der Waals surface area contributed by atoms with E-state index < -0.39 is 17.9 Å². The molecule has 0 unspecified atom stereocenters. The smallest absolute Gasteiger partial charge is 0.355 e. The molecule has 0 fully saturated rings. The molecule has 5 heteroatoms. The van der Waals surface area contributed by atoms with Crippen molar-refractivity contribution in [3.8, 4) is 0 Å². The SMILES string of the molecule is CCOC(=O)C1=NN[C@H](C(=O)c2ccccc2)[C@@H]1c1ccccc1. The second kappa shape index (κ2) is 7.08. The summed E-state index contributed by atoms with van der Waals surface area (Å²) in [5.41, 5.74) is 4.49.